The van der Waals surface area contributed by atoms with Crippen molar-refractivity contribution in [3.63, 3.8) is 0 Å². The molecule has 0 fully saturated rings. The molecule has 3 aromatic rings. The van der Waals surface area contributed by atoms with Gasteiger partial charge < -0.3 is 14.8 Å². The number of nitrogens with one attached hydrogen (secondary N) is 2. The second kappa shape index (κ2) is 11.6. The van der Waals surface area contributed by atoms with Gasteiger partial charge in [0.2, 0.25) is 0 Å². The summed E-state index contributed by atoms with van der Waals surface area (Å²) in [6.45, 7) is -0.298. The van der Waals surface area contributed by atoms with E-state index in [1.807, 2.05) is 0 Å². The summed E-state index contributed by atoms with van der Waals surface area (Å²) in [6.07, 6.45) is -5.47. The van der Waals surface area contributed by atoms with Crippen LogP contribution in [0.1, 0.15) is 16.9 Å². The van der Waals surface area contributed by atoms with Gasteiger partial charge in [0.25, 0.3) is 5.91 Å². The van der Waals surface area contributed by atoms with Crippen molar-refractivity contribution in [2.45, 2.75) is 17.5 Å². The number of hydrogen-bond acceptors (Lipinski definition) is 7. The van der Waals surface area contributed by atoms with Crippen molar-refractivity contribution in [2.75, 3.05) is 19.8 Å². The number of rotatable bonds is 9. The van der Waals surface area contributed by atoms with Gasteiger partial charge in [-0.1, -0.05) is 12.1 Å². The van der Waals surface area contributed by atoms with Crippen molar-refractivity contribution in [3.8, 4) is 11.5 Å². The molecule has 0 unspecified atom stereocenters. The highest BCUT2D eigenvalue weighted by Gasteiger charge is 2.27. The third-order valence-corrected chi connectivity index (χ3v) is 5.12. The number of halogens is 3. The largest absolute Gasteiger partial charge is 0.492 e. The van der Waals surface area contributed by atoms with Gasteiger partial charge in [-0.15, -0.1) is 0 Å². The molecule has 12 heteroatoms. The van der Waals surface area contributed by atoms with E-state index in [-0.39, 0.29) is 24.6 Å². The molecule has 180 valence electrons. The monoisotopic (exact) mass is 495 g/mol. The first-order chi connectivity index (χ1) is 16.2. The fourth-order valence-electron chi connectivity index (χ4n) is 2.81. The molecule has 2 amide bonds. The molecule has 0 aliphatic carbocycles. The molecule has 8 nitrogen and oxygen atoms in total. The van der Waals surface area contributed by atoms with Gasteiger partial charge in [0.05, 0.1) is 25.1 Å². The van der Waals surface area contributed by atoms with Crippen LogP contribution in [0.4, 0.5) is 18.0 Å². The van der Waals surface area contributed by atoms with Gasteiger partial charge in [-0.25, -0.2) is 10.5 Å². The number of fused-ring (bicyclic) bond motifs is 1. The maximum atomic E-state index is 12.5. The molecule has 0 aliphatic heterocycles. The number of alkyl halides is 3. The Morgan fingerprint density at radius 1 is 1.03 bits per heavy atom. The van der Waals surface area contributed by atoms with Gasteiger partial charge in [0.1, 0.15) is 23.8 Å². The summed E-state index contributed by atoms with van der Waals surface area (Å²) in [4.78, 5) is 28.5. The van der Waals surface area contributed by atoms with Crippen LogP contribution < -0.4 is 20.3 Å². The molecular weight excluding hydrogens is 475 g/mol. The lowest BCUT2D eigenvalue weighted by Crippen LogP contribution is -2.28. The number of carbonyl (C=O) groups is 2. The standard InChI is InChI=1S/C22H20F3N3O5S/c23-22(24,25)9-11-33-19-13-18(27-17-4-2-1-3-16(17)19)20(29)26-10-12-32-14-5-7-15(8-6-14)34-21(30)28-31/h1-8,13,31H,9-12H2,(H,26,29)(H,28,30). The number of benzene rings is 2. The highest BCUT2D eigenvalue weighted by atomic mass is 32.2. The number of carbonyl (C=O) groups excluding carboxylic acids is 2. The smallest absolute Gasteiger partial charge is 0.392 e. The van der Waals surface area contributed by atoms with E-state index in [2.05, 4.69) is 10.3 Å². The molecule has 3 N–H and O–H groups in total. The number of pyridine rings is 1. The molecule has 0 spiro atoms. The molecular formula is C22H20F3N3O5S. The number of ether oxygens (including phenoxy) is 2. The van der Waals surface area contributed by atoms with Crippen LogP contribution in [0.3, 0.4) is 0 Å². The average Bonchev–Trinajstić information content (AvgIpc) is 2.81. The Morgan fingerprint density at radius 3 is 2.47 bits per heavy atom. The minimum Gasteiger partial charge on any atom is -0.492 e. The van der Waals surface area contributed by atoms with E-state index in [1.54, 1.807) is 48.5 Å². The van der Waals surface area contributed by atoms with Crippen molar-refractivity contribution < 1.29 is 37.4 Å². The van der Waals surface area contributed by atoms with Crippen LogP contribution in [0, 0.1) is 0 Å². The first-order valence-electron chi connectivity index (χ1n) is 9.97. The van der Waals surface area contributed by atoms with Crippen molar-refractivity contribution in [3.05, 3.63) is 60.3 Å². The number of aromatic nitrogens is 1. The van der Waals surface area contributed by atoms with Crippen LogP contribution in [0.25, 0.3) is 10.9 Å². The molecule has 0 radical (unpaired) electrons. The van der Waals surface area contributed by atoms with Crippen LogP contribution in [-0.2, 0) is 0 Å². The van der Waals surface area contributed by atoms with E-state index in [0.717, 1.165) is 11.8 Å². The van der Waals surface area contributed by atoms with Crippen LogP contribution in [-0.4, -0.2) is 47.3 Å². The average molecular weight is 495 g/mol. The van der Waals surface area contributed by atoms with Crippen LogP contribution in [0.5, 0.6) is 11.5 Å². The molecule has 0 saturated carbocycles. The number of amides is 2. The zero-order chi connectivity index (χ0) is 24.6. The SMILES string of the molecule is O=C(NO)Sc1ccc(OCCNC(=O)c2cc(OCCC(F)(F)F)c3ccccc3n2)cc1. The number of para-hydroxylation sites is 1. The minimum absolute atomic E-state index is 0.00393. The zero-order valence-corrected chi connectivity index (χ0v) is 18.4. The Hall–Kier alpha value is -3.51. The predicted octanol–water partition coefficient (Wildman–Crippen LogP) is 4.57. The number of nitrogens with zero attached hydrogens (tertiary/aromatic N) is 1. The van der Waals surface area contributed by atoms with E-state index in [1.165, 1.54) is 11.5 Å². The van der Waals surface area contributed by atoms with Crippen molar-refractivity contribution in [1.82, 2.24) is 15.8 Å². The van der Waals surface area contributed by atoms with Crippen molar-refractivity contribution in [1.29, 1.82) is 0 Å². The van der Waals surface area contributed by atoms with Gasteiger partial charge in [0, 0.05) is 16.3 Å². The molecule has 0 bridgehead atoms. The second-order valence-corrected chi connectivity index (χ2v) is 7.86. The molecule has 34 heavy (non-hydrogen) atoms. The summed E-state index contributed by atoms with van der Waals surface area (Å²) in [7, 11) is 0. The quantitative estimate of drug-likeness (QED) is 0.173. The van der Waals surface area contributed by atoms with Gasteiger partial charge in [-0.2, -0.15) is 13.2 Å². The van der Waals surface area contributed by atoms with E-state index in [0.29, 0.717) is 21.5 Å². The Morgan fingerprint density at radius 2 is 1.76 bits per heavy atom. The highest BCUT2D eigenvalue weighted by Crippen LogP contribution is 2.27. The van der Waals surface area contributed by atoms with E-state index in [4.69, 9.17) is 14.7 Å². The lowest BCUT2D eigenvalue weighted by Gasteiger charge is -2.13. The number of thioether (sulfide) groups is 1. The first-order valence-corrected chi connectivity index (χ1v) is 10.8. The summed E-state index contributed by atoms with van der Waals surface area (Å²) < 4.78 is 48.2. The number of hydrogen-bond donors (Lipinski definition) is 3. The maximum Gasteiger partial charge on any atom is 0.392 e. The zero-order valence-electron chi connectivity index (χ0n) is 17.6. The van der Waals surface area contributed by atoms with Gasteiger partial charge >= 0.3 is 11.4 Å². The van der Waals surface area contributed by atoms with E-state index >= 15 is 0 Å². The summed E-state index contributed by atoms with van der Waals surface area (Å²) in [5, 5.41) is 11.0. The van der Waals surface area contributed by atoms with Crippen LogP contribution >= 0.6 is 11.8 Å². The maximum absolute atomic E-state index is 12.5. The summed E-state index contributed by atoms with van der Waals surface area (Å²) >= 11 is 0.805. The third kappa shape index (κ3) is 7.52. The molecule has 1 heterocycles. The fraction of sp³-hybridized carbons (Fsp3) is 0.227. The van der Waals surface area contributed by atoms with E-state index in [9.17, 15) is 22.8 Å². The Labute approximate surface area is 196 Å². The Balaban J connectivity index is 1.56. The predicted molar refractivity (Wildman–Crippen MR) is 118 cm³/mol. The molecule has 2 aromatic carbocycles. The topological polar surface area (TPSA) is 110 Å². The van der Waals surface area contributed by atoms with Gasteiger partial charge in [-0.05, 0) is 48.2 Å². The number of hydroxylamine groups is 1. The Kier molecular flexibility index (Phi) is 8.55. The Bertz CT molecular complexity index is 1140. The summed E-state index contributed by atoms with van der Waals surface area (Å²) in [5.74, 6) is 0.119. The third-order valence-electron chi connectivity index (χ3n) is 4.34. The van der Waals surface area contributed by atoms with Gasteiger partial charge in [-0.3, -0.25) is 14.8 Å². The van der Waals surface area contributed by atoms with Crippen molar-refractivity contribution >= 4 is 33.8 Å². The summed E-state index contributed by atoms with van der Waals surface area (Å²) in [5.41, 5.74) is 1.94. The lowest BCUT2D eigenvalue weighted by atomic mass is 10.1. The molecule has 0 atom stereocenters. The van der Waals surface area contributed by atoms with Crippen LogP contribution in [0.2, 0.25) is 0 Å². The molecule has 0 saturated heterocycles. The molecule has 1 aromatic heterocycles. The minimum atomic E-state index is -4.35. The van der Waals surface area contributed by atoms with Gasteiger partial charge in [0.15, 0.2) is 0 Å². The van der Waals surface area contributed by atoms with E-state index < -0.39 is 30.4 Å². The van der Waals surface area contributed by atoms with Crippen LogP contribution in [0.15, 0.2) is 59.5 Å². The molecule has 0 aliphatic rings. The summed E-state index contributed by atoms with van der Waals surface area (Å²) in [6, 6.07) is 14.5. The fourth-order valence-corrected chi connectivity index (χ4v) is 3.35. The van der Waals surface area contributed by atoms with Crippen molar-refractivity contribution in [2.24, 2.45) is 0 Å². The molecule has 3 rings (SSSR count). The highest BCUT2D eigenvalue weighted by molar-refractivity contribution is 8.13. The second-order valence-electron chi connectivity index (χ2n) is 6.81. The lowest BCUT2D eigenvalue weighted by molar-refractivity contribution is -0.139. The first kappa shape index (κ1) is 25.1. The normalized spacial score (nSPS) is 11.2.